The van der Waals surface area contributed by atoms with Crippen LogP contribution in [0, 0.1) is 5.92 Å². The van der Waals surface area contributed by atoms with E-state index in [-0.39, 0.29) is 5.91 Å². The van der Waals surface area contributed by atoms with Gasteiger partial charge in [-0.15, -0.1) is 0 Å². The van der Waals surface area contributed by atoms with E-state index >= 15 is 0 Å². The van der Waals surface area contributed by atoms with Crippen LogP contribution in [0.1, 0.15) is 39.0 Å². The molecule has 4 heteroatoms. The summed E-state index contributed by atoms with van der Waals surface area (Å²) in [5.74, 6) is 0.859. The van der Waals surface area contributed by atoms with Gasteiger partial charge >= 0.3 is 0 Å². The Bertz CT molecular complexity index is 254. The van der Waals surface area contributed by atoms with Crippen molar-refractivity contribution in [2.45, 2.75) is 51.2 Å². The molecule has 2 unspecified atom stereocenters. The SMILES string of the molecule is CCCCNC(=O)CNC1CCOC1C1CC1. The van der Waals surface area contributed by atoms with E-state index in [9.17, 15) is 4.79 Å². The van der Waals surface area contributed by atoms with Crippen molar-refractivity contribution in [1.82, 2.24) is 10.6 Å². The normalized spacial score (nSPS) is 28.3. The highest BCUT2D eigenvalue weighted by Gasteiger charge is 2.40. The zero-order chi connectivity index (χ0) is 12.1. The Morgan fingerprint density at radius 2 is 2.18 bits per heavy atom. The molecule has 17 heavy (non-hydrogen) atoms. The van der Waals surface area contributed by atoms with Gasteiger partial charge < -0.3 is 15.4 Å². The van der Waals surface area contributed by atoms with Crippen molar-refractivity contribution in [2.24, 2.45) is 5.92 Å². The summed E-state index contributed by atoms with van der Waals surface area (Å²) in [6.45, 7) is 4.20. The van der Waals surface area contributed by atoms with E-state index in [4.69, 9.17) is 4.74 Å². The molecule has 0 aromatic rings. The van der Waals surface area contributed by atoms with Crippen molar-refractivity contribution in [3.63, 3.8) is 0 Å². The van der Waals surface area contributed by atoms with Crippen LogP contribution in [0.5, 0.6) is 0 Å². The van der Waals surface area contributed by atoms with E-state index in [1.165, 1.54) is 12.8 Å². The monoisotopic (exact) mass is 240 g/mol. The number of hydrogen-bond donors (Lipinski definition) is 2. The third kappa shape index (κ3) is 3.96. The summed E-state index contributed by atoms with van der Waals surface area (Å²) >= 11 is 0. The average molecular weight is 240 g/mol. The molecule has 2 fully saturated rings. The number of unbranched alkanes of at least 4 members (excludes halogenated alkanes) is 1. The van der Waals surface area contributed by atoms with Gasteiger partial charge in [0.15, 0.2) is 0 Å². The third-order valence-corrected chi connectivity index (χ3v) is 3.60. The lowest BCUT2D eigenvalue weighted by Crippen LogP contribution is -2.43. The smallest absolute Gasteiger partial charge is 0.233 e. The predicted octanol–water partition coefficient (Wildman–Crippen LogP) is 1.06. The zero-order valence-corrected chi connectivity index (χ0v) is 10.7. The summed E-state index contributed by atoms with van der Waals surface area (Å²) in [6.07, 6.45) is 6.18. The molecule has 1 amide bonds. The van der Waals surface area contributed by atoms with Crippen LogP contribution in [0.25, 0.3) is 0 Å². The molecule has 1 aliphatic carbocycles. The Morgan fingerprint density at radius 3 is 2.88 bits per heavy atom. The summed E-state index contributed by atoms with van der Waals surface area (Å²) in [5, 5.41) is 6.27. The number of hydrogen-bond acceptors (Lipinski definition) is 3. The summed E-state index contributed by atoms with van der Waals surface area (Å²) < 4.78 is 5.73. The molecule has 0 spiro atoms. The Hall–Kier alpha value is -0.610. The average Bonchev–Trinajstić information content (AvgIpc) is 3.06. The minimum atomic E-state index is 0.111. The lowest BCUT2D eigenvalue weighted by atomic mass is 10.1. The molecule has 4 nitrogen and oxygen atoms in total. The van der Waals surface area contributed by atoms with Gasteiger partial charge in [0.25, 0.3) is 0 Å². The Kier molecular flexibility index (Phi) is 4.80. The fraction of sp³-hybridized carbons (Fsp3) is 0.923. The van der Waals surface area contributed by atoms with Gasteiger partial charge in [0.1, 0.15) is 0 Å². The first-order valence-electron chi connectivity index (χ1n) is 6.93. The molecule has 1 heterocycles. The highest BCUT2D eigenvalue weighted by Crippen LogP contribution is 2.38. The largest absolute Gasteiger partial charge is 0.376 e. The highest BCUT2D eigenvalue weighted by atomic mass is 16.5. The Labute approximate surface area is 103 Å². The van der Waals surface area contributed by atoms with E-state index in [1.54, 1.807) is 0 Å². The van der Waals surface area contributed by atoms with Gasteiger partial charge in [-0.3, -0.25) is 4.79 Å². The number of nitrogens with one attached hydrogen (secondary N) is 2. The van der Waals surface area contributed by atoms with E-state index in [0.29, 0.717) is 18.7 Å². The van der Waals surface area contributed by atoms with Crippen molar-refractivity contribution < 1.29 is 9.53 Å². The molecule has 0 aromatic carbocycles. The fourth-order valence-electron chi connectivity index (χ4n) is 2.41. The van der Waals surface area contributed by atoms with Crippen molar-refractivity contribution in [1.29, 1.82) is 0 Å². The number of amides is 1. The predicted molar refractivity (Wildman–Crippen MR) is 66.8 cm³/mol. The van der Waals surface area contributed by atoms with E-state index in [1.807, 2.05) is 0 Å². The minimum Gasteiger partial charge on any atom is -0.376 e. The van der Waals surface area contributed by atoms with E-state index < -0.39 is 0 Å². The van der Waals surface area contributed by atoms with Gasteiger partial charge in [-0.05, 0) is 31.6 Å². The fourth-order valence-corrected chi connectivity index (χ4v) is 2.41. The summed E-state index contributed by atoms with van der Waals surface area (Å²) in [6, 6.07) is 0.388. The summed E-state index contributed by atoms with van der Waals surface area (Å²) in [4.78, 5) is 11.6. The number of rotatable bonds is 7. The first-order chi connectivity index (χ1) is 8.31. The first kappa shape index (κ1) is 12.8. The van der Waals surface area contributed by atoms with Crippen molar-refractivity contribution in [2.75, 3.05) is 19.7 Å². The molecule has 1 saturated carbocycles. The molecule has 2 N–H and O–H groups in total. The van der Waals surface area contributed by atoms with Gasteiger partial charge in [0.05, 0.1) is 12.6 Å². The molecule has 0 aromatic heterocycles. The van der Waals surface area contributed by atoms with Crippen molar-refractivity contribution >= 4 is 5.91 Å². The van der Waals surface area contributed by atoms with Crippen LogP contribution < -0.4 is 10.6 Å². The second-order valence-electron chi connectivity index (χ2n) is 5.15. The molecule has 2 atom stereocenters. The van der Waals surface area contributed by atoms with Gasteiger partial charge in [-0.25, -0.2) is 0 Å². The standard InChI is InChI=1S/C13H24N2O2/c1-2-3-7-14-12(16)9-15-11-6-8-17-13(11)10-4-5-10/h10-11,13,15H,2-9H2,1H3,(H,14,16). The maximum atomic E-state index is 11.6. The molecular formula is C13H24N2O2. The quantitative estimate of drug-likeness (QED) is 0.654. The molecular weight excluding hydrogens is 216 g/mol. The van der Waals surface area contributed by atoms with Crippen LogP contribution in [-0.4, -0.2) is 37.7 Å². The lowest BCUT2D eigenvalue weighted by molar-refractivity contribution is -0.120. The topological polar surface area (TPSA) is 50.4 Å². The van der Waals surface area contributed by atoms with Gasteiger partial charge in [0, 0.05) is 19.2 Å². The molecule has 98 valence electrons. The molecule has 0 bridgehead atoms. The number of carbonyl (C=O) groups excluding carboxylic acids is 1. The Balaban J connectivity index is 1.61. The Morgan fingerprint density at radius 1 is 1.35 bits per heavy atom. The van der Waals surface area contributed by atoms with Crippen LogP contribution >= 0.6 is 0 Å². The van der Waals surface area contributed by atoms with Gasteiger partial charge in [-0.1, -0.05) is 13.3 Å². The lowest BCUT2D eigenvalue weighted by Gasteiger charge is -2.19. The molecule has 2 rings (SSSR count). The third-order valence-electron chi connectivity index (χ3n) is 3.60. The second kappa shape index (κ2) is 6.36. The zero-order valence-electron chi connectivity index (χ0n) is 10.7. The van der Waals surface area contributed by atoms with Crippen LogP contribution in [0.3, 0.4) is 0 Å². The first-order valence-corrected chi connectivity index (χ1v) is 6.93. The molecule has 0 radical (unpaired) electrons. The molecule has 1 aliphatic heterocycles. The second-order valence-corrected chi connectivity index (χ2v) is 5.15. The van der Waals surface area contributed by atoms with Crippen LogP contribution in [-0.2, 0) is 9.53 Å². The van der Waals surface area contributed by atoms with Gasteiger partial charge in [0.2, 0.25) is 5.91 Å². The van der Waals surface area contributed by atoms with E-state index in [2.05, 4.69) is 17.6 Å². The molecule has 1 saturated heterocycles. The van der Waals surface area contributed by atoms with Crippen molar-refractivity contribution in [3.8, 4) is 0 Å². The van der Waals surface area contributed by atoms with Crippen LogP contribution in [0.4, 0.5) is 0 Å². The molecule has 2 aliphatic rings. The summed E-state index contributed by atoms with van der Waals surface area (Å²) in [5.41, 5.74) is 0. The highest BCUT2D eigenvalue weighted by molar-refractivity contribution is 5.77. The summed E-state index contributed by atoms with van der Waals surface area (Å²) in [7, 11) is 0. The minimum absolute atomic E-state index is 0.111. The van der Waals surface area contributed by atoms with Crippen LogP contribution in [0.2, 0.25) is 0 Å². The maximum Gasteiger partial charge on any atom is 0.233 e. The van der Waals surface area contributed by atoms with Crippen molar-refractivity contribution in [3.05, 3.63) is 0 Å². The number of carbonyl (C=O) groups is 1. The van der Waals surface area contributed by atoms with Crippen LogP contribution in [0.15, 0.2) is 0 Å². The maximum absolute atomic E-state index is 11.6. The van der Waals surface area contributed by atoms with Gasteiger partial charge in [-0.2, -0.15) is 0 Å². The number of ether oxygens (including phenoxy) is 1. The van der Waals surface area contributed by atoms with E-state index in [0.717, 1.165) is 38.3 Å².